The molecule has 0 radical (unpaired) electrons. The molecule has 0 amide bonds. The summed E-state index contributed by atoms with van der Waals surface area (Å²) in [5, 5.41) is 9.62. The van der Waals surface area contributed by atoms with Crippen LogP contribution in [-0.2, 0) is 10.0 Å². The number of hydrogen-bond donors (Lipinski definition) is 2. The van der Waals surface area contributed by atoms with Crippen LogP contribution < -0.4 is 4.31 Å². The van der Waals surface area contributed by atoms with Crippen molar-refractivity contribution < 1.29 is 13.5 Å². The summed E-state index contributed by atoms with van der Waals surface area (Å²) in [6.07, 6.45) is 1.30. The van der Waals surface area contributed by atoms with E-state index in [1.807, 2.05) is 0 Å². The summed E-state index contributed by atoms with van der Waals surface area (Å²) in [4.78, 5) is 6.65. The second-order valence-corrected chi connectivity index (χ2v) is 6.30. The van der Waals surface area contributed by atoms with Gasteiger partial charge < -0.3 is 10.1 Å². The standard InChI is InChI=1S/C13H17N3O3S/c1-4-16(12-7-11(17)6-5-9(12)2)20(18,19)13-8-14-10(3)15-13/h5-8,17H,4H2,1-3H3,(H,14,15). The highest BCUT2D eigenvalue weighted by molar-refractivity contribution is 7.92. The first-order valence-corrected chi connectivity index (χ1v) is 7.64. The maximum Gasteiger partial charge on any atom is 0.281 e. The molecule has 0 saturated carbocycles. The van der Waals surface area contributed by atoms with Gasteiger partial charge >= 0.3 is 0 Å². The number of rotatable bonds is 4. The van der Waals surface area contributed by atoms with E-state index < -0.39 is 10.0 Å². The van der Waals surface area contributed by atoms with E-state index in [1.165, 1.54) is 22.6 Å². The summed E-state index contributed by atoms with van der Waals surface area (Å²) in [6.45, 7) is 5.48. The van der Waals surface area contributed by atoms with Gasteiger partial charge in [0.05, 0.1) is 11.9 Å². The average molecular weight is 295 g/mol. The van der Waals surface area contributed by atoms with Crippen LogP contribution in [0.1, 0.15) is 18.3 Å². The molecule has 108 valence electrons. The molecule has 0 aliphatic heterocycles. The van der Waals surface area contributed by atoms with E-state index in [2.05, 4.69) is 9.97 Å². The average Bonchev–Trinajstić information content (AvgIpc) is 2.81. The lowest BCUT2D eigenvalue weighted by Gasteiger charge is -2.23. The largest absolute Gasteiger partial charge is 0.508 e. The Bertz CT molecular complexity index is 722. The number of nitrogens with zero attached hydrogens (tertiary/aromatic N) is 2. The summed E-state index contributed by atoms with van der Waals surface area (Å²) in [5.41, 5.74) is 1.23. The van der Waals surface area contributed by atoms with Gasteiger partial charge in [-0.25, -0.2) is 4.98 Å². The van der Waals surface area contributed by atoms with Crippen LogP contribution in [0.5, 0.6) is 5.75 Å². The van der Waals surface area contributed by atoms with Gasteiger partial charge in [-0.3, -0.25) is 4.31 Å². The zero-order valence-electron chi connectivity index (χ0n) is 11.6. The lowest BCUT2D eigenvalue weighted by molar-refractivity contribution is 0.475. The minimum absolute atomic E-state index is 0.0278. The Morgan fingerprint density at radius 3 is 2.60 bits per heavy atom. The number of anilines is 1. The Labute approximate surface area is 118 Å². The summed E-state index contributed by atoms with van der Waals surface area (Å²) >= 11 is 0. The zero-order chi connectivity index (χ0) is 14.9. The van der Waals surface area contributed by atoms with Crippen molar-refractivity contribution in [2.24, 2.45) is 0 Å². The fourth-order valence-corrected chi connectivity index (χ4v) is 3.48. The number of nitrogens with one attached hydrogen (secondary N) is 1. The molecule has 20 heavy (non-hydrogen) atoms. The van der Waals surface area contributed by atoms with Crippen LogP contribution >= 0.6 is 0 Å². The number of phenolic OH excluding ortho intramolecular Hbond substituents is 1. The number of phenols is 1. The monoisotopic (exact) mass is 295 g/mol. The second kappa shape index (κ2) is 5.16. The SMILES string of the molecule is CCN(c1cc(O)ccc1C)S(=O)(=O)c1cnc(C)[nH]1. The van der Waals surface area contributed by atoms with Crippen LogP contribution in [0.25, 0.3) is 0 Å². The first kappa shape index (κ1) is 14.4. The van der Waals surface area contributed by atoms with Gasteiger partial charge in [0.15, 0.2) is 5.03 Å². The fourth-order valence-electron chi connectivity index (χ4n) is 1.98. The molecule has 1 heterocycles. The normalized spacial score (nSPS) is 11.6. The molecule has 0 fully saturated rings. The maximum absolute atomic E-state index is 12.6. The molecular formula is C13H17N3O3S. The molecule has 0 aliphatic carbocycles. The molecule has 0 aliphatic rings. The highest BCUT2D eigenvalue weighted by Crippen LogP contribution is 2.29. The Kier molecular flexibility index (Phi) is 3.71. The van der Waals surface area contributed by atoms with Gasteiger partial charge in [-0.05, 0) is 32.4 Å². The van der Waals surface area contributed by atoms with Crippen molar-refractivity contribution in [2.75, 3.05) is 10.8 Å². The first-order valence-electron chi connectivity index (χ1n) is 6.20. The molecular weight excluding hydrogens is 278 g/mol. The quantitative estimate of drug-likeness (QED) is 0.902. The maximum atomic E-state index is 12.6. The van der Waals surface area contributed by atoms with Crippen LogP contribution in [0.15, 0.2) is 29.4 Å². The minimum Gasteiger partial charge on any atom is -0.508 e. The van der Waals surface area contributed by atoms with Crippen LogP contribution in [0.2, 0.25) is 0 Å². The molecule has 0 unspecified atom stereocenters. The summed E-state index contributed by atoms with van der Waals surface area (Å²) < 4.78 is 26.5. The summed E-state index contributed by atoms with van der Waals surface area (Å²) in [7, 11) is -3.72. The van der Waals surface area contributed by atoms with Gasteiger partial charge in [0.2, 0.25) is 0 Å². The molecule has 7 heteroatoms. The Morgan fingerprint density at radius 1 is 1.35 bits per heavy atom. The van der Waals surface area contributed by atoms with Gasteiger partial charge in [0.1, 0.15) is 11.6 Å². The molecule has 0 atom stereocenters. The van der Waals surface area contributed by atoms with E-state index in [0.29, 0.717) is 11.5 Å². The highest BCUT2D eigenvalue weighted by Gasteiger charge is 2.26. The van der Waals surface area contributed by atoms with Gasteiger partial charge in [0, 0.05) is 12.6 Å². The predicted octanol–water partition coefficient (Wildman–Crippen LogP) is 1.95. The number of imidazole rings is 1. The Morgan fingerprint density at radius 2 is 2.05 bits per heavy atom. The number of aromatic hydroxyl groups is 1. The number of benzene rings is 1. The molecule has 2 rings (SSSR count). The van der Waals surface area contributed by atoms with Crippen molar-refractivity contribution in [3.63, 3.8) is 0 Å². The van der Waals surface area contributed by atoms with Crippen molar-refractivity contribution >= 4 is 15.7 Å². The van der Waals surface area contributed by atoms with Crippen LogP contribution in [0, 0.1) is 13.8 Å². The number of hydrogen-bond acceptors (Lipinski definition) is 4. The third-order valence-electron chi connectivity index (χ3n) is 3.00. The molecule has 2 aromatic rings. The smallest absolute Gasteiger partial charge is 0.281 e. The number of H-pyrrole nitrogens is 1. The number of sulfonamides is 1. The van der Waals surface area contributed by atoms with E-state index in [1.54, 1.807) is 26.8 Å². The fraction of sp³-hybridized carbons (Fsp3) is 0.308. The van der Waals surface area contributed by atoms with Crippen LogP contribution in [0.3, 0.4) is 0 Å². The van der Waals surface area contributed by atoms with Crippen molar-refractivity contribution in [1.82, 2.24) is 9.97 Å². The Balaban J connectivity index is 2.54. The molecule has 0 spiro atoms. The first-order chi connectivity index (χ1) is 9.36. The third kappa shape index (κ3) is 2.49. The van der Waals surface area contributed by atoms with E-state index in [4.69, 9.17) is 0 Å². The summed E-state index contributed by atoms with van der Waals surface area (Å²) in [6, 6.07) is 4.65. The number of aryl methyl sites for hydroxylation is 2. The predicted molar refractivity (Wildman–Crippen MR) is 76.4 cm³/mol. The van der Waals surface area contributed by atoms with Crippen molar-refractivity contribution in [1.29, 1.82) is 0 Å². The lowest BCUT2D eigenvalue weighted by atomic mass is 10.2. The molecule has 1 aromatic carbocycles. The molecule has 0 saturated heterocycles. The summed E-state index contributed by atoms with van der Waals surface area (Å²) in [5.74, 6) is 0.562. The van der Waals surface area contributed by atoms with Crippen molar-refractivity contribution in [3.05, 3.63) is 35.8 Å². The third-order valence-corrected chi connectivity index (χ3v) is 4.79. The van der Waals surface area contributed by atoms with Gasteiger partial charge in [-0.15, -0.1) is 0 Å². The highest BCUT2D eigenvalue weighted by atomic mass is 32.2. The van der Waals surface area contributed by atoms with Gasteiger partial charge in [-0.1, -0.05) is 6.07 Å². The zero-order valence-corrected chi connectivity index (χ0v) is 12.4. The van der Waals surface area contributed by atoms with Gasteiger partial charge in [0.25, 0.3) is 10.0 Å². The van der Waals surface area contributed by atoms with Crippen LogP contribution in [0.4, 0.5) is 5.69 Å². The van der Waals surface area contributed by atoms with Crippen molar-refractivity contribution in [3.8, 4) is 5.75 Å². The molecule has 0 bridgehead atoms. The topological polar surface area (TPSA) is 86.3 Å². The minimum atomic E-state index is -3.72. The van der Waals surface area contributed by atoms with Crippen LogP contribution in [-0.4, -0.2) is 30.0 Å². The van der Waals surface area contributed by atoms with E-state index in [9.17, 15) is 13.5 Å². The number of aromatic amines is 1. The van der Waals surface area contributed by atoms with E-state index in [-0.39, 0.29) is 17.3 Å². The van der Waals surface area contributed by atoms with E-state index in [0.717, 1.165) is 5.56 Å². The Hall–Kier alpha value is -2.02. The number of aromatic nitrogens is 2. The van der Waals surface area contributed by atoms with E-state index >= 15 is 0 Å². The second-order valence-electron chi connectivity index (χ2n) is 4.47. The lowest BCUT2D eigenvalue weighted by Crippen LogP contribution is -2.31. The molecule has 2 N–H and O–H groups in total. The van der Waals surface area contributed by atoms with Crippen molar-refractivity contribution in [2.45, 2.75) is 25.8 Å². The molecule has 1 aromatic heterocycles. The molecule has 6 nitrogen and oxygen atoms in total. The van der Waals surface area contributed by atoms with Gasteiger partial charge in [-0.2, -0.15) is 8.42 Å².